The van der Waals surface area contributed by atoms with E-state index in [4.69, 9.17) is 27.8 Å². The Bertz CT molecular complexity index is 1260. The Kier molecular flexibility index (Phi) is 4.50. The molecule has 0 amide bonds. The molecule has 8 heteroatoms. The number of hydrogen-bond donors (Lipinski definition) is 2. The molecule has 0 atom stereocenters. The largest absolute Gasteiger partial charge is 0.399 e. The average Bonchev–Trinajstić information content (AvgIpc) is 2.68. The van der Waals surface area contributed by atoms with E-state index in [0.717, 1.165) is 32.4 Å². The standard InChI is InChI=1S/C21H16ClN5OS/c22-16-7-12-10-28-9-11-3-1-6-15(17(11)12)18(16)19-25-20(24)27-21(26-19)29-14-5-2-4-13(23)8-14/h1-8H,9-10,23H2,(H2,24,25,26,27). The van der Waals surface area contributed by atoms with Gasteiger partial charge in [0.25, 0.3) is 0 Å². The highest BCUT2D eigenvalue weighted by Crippen LogP contribution is 2.40. The second-order valence-electron chi connectivity index (χ2n) is 6.70. The Balaban J connectivity index is 1.67. The summed E-state index contributed by atoms with van der Waals surface area (Å²) in [5, 5.41) is 3.17. The molecule has 3 aromatic carbocycles. The summed E-state index contributed by atoms with van der Waals surface area (Å²) < 4.78 is 5.67. The van der Waals surface area contributed by atoms with Gasteiger partial charge in [-0.25, -0.2) is 4.98 Å². The number of rotatable bonds is 3. The predicted octanol–water partition coefficient (Wildman–Crippen LogP) is 4.69. The molecule has 1 aromatic heterocycles. The number of nitrogen functional groups attached to an aromatic ring is 2. The Hall–Kier alpha value is -2.87. The van der Waals surface area contributed by atoms with Crippen LogP contribution in [0.3, 0.4) is 0 Å². The van der Waals surface area contributed by atoms with Gasteiger partial charge in [0.15, 0.2) is 11.0 Å². The van der Waals surface area contributed by atoms with Crippen LogP contribution < -0.4 is 11.5 Å². The molecule has 0 fully saturated rings. The lowest BCUT2D eigenvalue weighted by molar-refractivity contribution is 0.103. The van der Waals surface area contributed by atoms with Crippen molar-refractivity contribution in [3.63, 3.8) is 0 Å². The van der Waals surface area contributed by atoms with Crippen molar-refractivity contribution in [2.24, 2.45) is 0 Å². The third-order valence-electron chi connectivity index (χ3n) is 4.72. The van der Waals surface area contributed by atoms with E-state index in [-0.39, 0.29) is 5.95 Å². The third kappa shape index (κ3) is 3.37. The van der Waals surface area contributed by atoms with Gasteiger partial charge in [0.2, 0.25) is 5.95 Å². The van der Waals surface area contributed by atoms with Crippen LogP contribution in [0.4, 0.5) is 11.6 Å². The van der Waals surface area contributed by atoms with E-state index in [2.05, 4.69) is 21.0 Å². The fourth-order valence-corrected chi connectivity index (χ4v) is 4.70. The maximum Gasteiger partial charge on any atom is 0.224 e. The van der Waals surface area contributed by atoms with E-state index in [1.54, 1.807) is 0 Å². The third-order valence-corrected chi connectivity index (χ3v) is 5.87. The van der Waals surface area contributed by atoms with Crippen LogP contribution in [0.25, 0.3) is 22.2 Å². The Morgan fingerprint density at radius 3 is 2.62 bits per heavy atom. The normalized spacial score (nSPS) is 13.0. The number of anilines is 2. The molecule has 29 heavy (non-hydrogen) atoms. The summed E-state index contributed by atoms with van der Waals surface area (Å²) in [5.74, 6) is 0.588. The van der Waals surface area contributed by atoms with Crippen LogP contribution in [-0.2, 0) is 18.0 Å². The van der Waals surface area contributed by atoms with Gasteiger partial charge >= 0.3 is 0 Å². The molecule has 0 bridgehead atoms. The Morgan fingerprint density at radius 1 is 0.931 bits per heavy atom. The minimum absolute atomic E-state index is 0.140. The molecule has 0 saturated heterocycles. The number of aromatic nitrogens is 3. The quantitative estimate of drug-likeness (QED) is 0.463. The van der Waals surface area contributed by atoms with E-state index in [1.807, 2.05) is 42.5 Å². The second kappa shape index (κ2) is 7.18. The van der Waals surface area contributed by atoms with Gasteiger partial charge in [-0.15, -0.1) is 0 Å². The van der Waals surface area contributed by atoms with Crippen LogP contribution in [0, 0.1) is 0 Å². The Morgan fingerprint density at radius 2 is 1.76 bits per heavy atom. The smallest absolute Gasteiger partial charge is 0.224 e. The topological polar surface area (TPSA) is 99.9 Å². The summed E-state index contributed by atoms with van der Waals surface area (Å²) in [6, 6.07) is 15.5. The minimum atomic E-state index is 0.140. The van der Waals surface area contributed by atoms with Crippen molar-refractivity contribution in [2.75, 3.05) is 11.5 Å². The zero-order valence-corrected chi connectivity index (χ0v) is 16.8. The maximum atomic E-state index is 6.66. The molecule has 1 aliphatic rings. The predicted molar refractivity (Wildman–Crippen MR) is 116 cm³/mol. The SMILES string of the molecule is Nc1cccc(Sc2nc(N)nc(-c3c(Cl)cc4c5c(cccc35)COC4)n2)c1. The second-order valence-corrected chi connectivity index (χ2v) is 8.15. The lowest BCUT2D eigenvalue weighted by Crippen LogP contribution is -2.06. The summed E-state index contributed by atoms with van der Waals surface area (Å²) in [4.78, 5) is 14.2. The number of benzene rings is 3. The highest BCUT2D eigenvalue weighted by molar-refractivity contribution is 7.99. The van der Waals surface area contributed by atoms with Crippen LogP contribution in [0.15, 0.2) is 58.6 Å². The minimum Gasteiger partial charge on any atom is -0.399 e. The number of ether oxygens (including phenoxy) is 1. The molecule has 5 rings (SSSR count). The van der Waals surface area contributed by atoms with E-state index in [1.165, 1.54) is 11.8 Å². The van der Waals surface area contributed by atoms with Crippen molar-refractivity contribution in [2.45, 2.75) is 23.3 Å². The van der Waals surface area contributed by atoms with Gasteiger partial charge in [-0.3, -0.25) is 0 Å². The summed E-state index contributed by atoms with van der Waals surface area (Å²) in [7, 11) is 0. The van der Waals surface area contributed by atoms with Crippen LogP contribution >= 0.6 is 23.4 Å². The fourth-order valence-electron chi connectivity index (χ4n) is 3.56. The first-order chi connectivity index (χ1) is 14.1. The Labute approximate surface area is 176 Å². The summed E-state index contributed by atoms with van der Waals surface area (Å²) in [6.45, 7) is 1.10. The van der Waals surface area contributed by atoms with Crippen LogP contribution in [0.2, 0.25) is 5.02 Å². The fraction of sp³-hybridized carbons (Fsp3) is 0.0952. The zero-order chi connectivity index (χ0) is 20.0. The van der Waals surface area contributed by atoms with Gasteiger partial charge in [0.05, 0.1) is 18.2 Å². The van der Waals surface area contributed by atoms with Gasteiger partial charge in [0, 0.05) is 16.1 Å². The van der Waals surface area contributed by atoms with Crippen molar-refractivity contribution >= 4 is 45.8 Å². The number of halogens is 1. The first kappa shape index (κ1) is 18.2. The van der Waals surface area contributed by atoms with Gasteiger partial charge < -0.3 is 16.2 Å². The molecule has 0 spiro atoms. The van der Waals surface area contributed by atoms with Crippen molar-refractivity contribution in [3.05, 3.63) is 64.7 Å². The first-order valence-corrected chi connectivity index (χ1v) is 10.1. The molecule has 0 radical (unpaired) electrons. The van der Waals surface area contributed by atoms with Crippen LogP contribution in [0.5, 0.6) is 0 Å². The van der Waals surface area contributed by atoms with E-state index in [0.29, 0.717) is 34.9 Å². The van der Waals surface area contributed by atoms with Gasteiger partial charge in [0.1, 0.15) is 0 Å². The van der Waals surface area contributed by atoms with Crippen molar-refractivity contribution in [3.8, 4) is 11.4 Å². The molecular formula is C21H16ClN5OS. The highest BCUT2D eigenvalue weighted by Gasteiger charge is 2.21. The molecule has 0 unspecified atom stereocenters. The molecular weight excluding hydrogens is 406 g/mol. The summed E-state index contributed by atoms with van der Waals surface area (Å²) in [6.07, 6.45) is 0. The lowest BCUT2D eigenvalue weighted by atomic mass is 9.94. The first-order valence-electron chi connectivity index (χ1n) is 8.94. The van der Waals surface area contributed by atoms with E-state index in [9.17, 15) is 0 Å². The monoisotopic (exact) mass is 421 g/mol. The number of nitrogens with two attached hydrogens (primary N) is 2. The molecule has 144 valence electrons. The van der Waals surface area contributed by atoms with Crippen LogP contribution in [0.1, 0.15) is 11.1 Å². The van der Waals surface area contributed by atoms with Crippen molar-refractivity contribution in [1.29, 1.82) is 0 Å². The van der Waals surface area contributed by atoms with E-state index < -0.39 is 0 Å². The van der Waals surface area contributed by atoms with Gasteiger partial charge in [-0.05, 0) is 57.9 Å². The van der Waals surface area contributed by atoms with Crippen molar-refractivity contribution in [1.82, 2.24) is 15.0 Å². The van der Waals surface area contributed by atoms with Crippen LogP contribution in [-0.4, -0.2) is 15.0 Å². The number of hydrogen-bond acceptors (Lipinski definition) is 7. The average molecular weight is 422 g/mol. The molecule has 0 saturated carbocycles. The van der Waals surface area contributed by atoms with E-state index >= 15 is 0 Å². The highest BCUT2D eigenvalue weighted by atomic mass is 35.5. The lowest BCUT2D eigenvalue weighted by Gasteiger charge is -2.20. The summed E-state index contributed by atoms with van der Waals surface area (Å²) in [5.41, 5.74) is 15.5. The molecule has 1 aliphatic heterocycles. The molecule has 4 N–H and O–H groups in total. The number of nitrogens with zero attached hydrogens (tertiary/aromatic N) is 3. The maximum absolute atomic E-state index is 6.66. The van der Waals surface area contributed by atoms with Gasteiger partial charge in [-0.2, -0.15) is 9.97 Å². The molecule has 2 heterocycles. The summed E-state index contributed by atoms with van der Waals surface area (Å²) >= 11 is 8.04. The molecule has 6 nitrogen and oxygen atoms in total. The van der Waals surface area contributed by atoms with Crippen molar-refractivity contribution < 1.29 is 4.74 Å². The molecule has 0 aliphatic carbocycles. The van der Waals surface area contributed by atoms with Gasteiger partial charge in [-0.1, -0.05) is 35.9 Å². The zero-order valence-electron chi connectivity index (χ0n) is 15.2. The molecule has 4 aromatic rings.